The molecule has 1 aromatic rings. The van der Waals surface area contributed by atoms with Gasteiger partial charge in [-0.05, 0) is 56.8 Å². The fourth-order valence-corrected chi connectivity index (χ4v) is 2.29. The summed E-state index contributed by atoms with van der Waals surface area (Å²) in [6, 6.07) is 4.07. The lowest BCUT2D eigenvalue weighted by Gasteiger charge is -2.22. The van der Waals surface area contributed by atoms with E-state index in [4.69, 9.17) is 0 Å². The second-order valence-corrected chi connectivity index (χ2v) is 4.45. The third kappa shape index (κ3) is 2.79. The van der Waals surface area contributed by atoms with Gasteiger partial charge in [-0.25, -0.2) is 8.78 Å². The van der Waals surface area contributed by atoms with Crippen LogP contribution in [-0.2, 0) is 6.42 Å². The number of piperidine rings is 1. The number of benzene rings is 1. The van der Waals surface area contributed by atoms with Crippen molar-refractivity contribution in [1.82, 2.24) is 5.32 Å². The molecule has 1 aliphatic rings. The molecule has 88 valence electrons. The van der Waals surface area contributed by atoms with Gasteiger partial charge in [0.25, 0.3) is 0 Å². The summed E-state index contributed by atoms with van der Waals surface area (Å²) in [7, 11) is 0. The van der Waals surface area contributed by atoms with Crippen LogP contribution in [0.4, 0.5) is 8.78 Å². The van der Waals surface area contributed by atoms with Crippen molar-refractivity contribution in [2.75, 3.05) is 13.1 Å². The largest absolute Gasteiger partial charge is 0.316 e. The molecule has 0 saturated carbocycles. The van der Waals surface area contributed by atoms with E-state index in [0.717, 1.165) is 19.5 Å². The zero-order valence-corrected chi connectivity index (χ0v) is 9.31. The zero-order valence-electron chi connectivity index (χ0n) is 9.31. The Morgan fingerprint density at radius 2 is 2.00 bits per heavy atom. The molecule has 1 nitrogen and oxygen atoms in total. The topological polar surface area (TPSA) is 12.0 Å². The highest BCUT2D eigenvalue weighted by atomic mass is 19.1. The first kappa shape index (κ1) is 11.5. The van der Waals surface area contributed by atoms with Crippen LogP contribution in [0.3, 0.4) is 0 Å². The third-order valence-corrected chi connectivity index (χ3v) is 3.26. The summed E-state index contributed by atoms with van der Waals surface area (Å²) < 4.78 is 26.7. The summed E-state index contributed by atoms with van der Waals surface area (Å²) in [6.45, 7) is 2.06. The lowest BCUT2D eigenvalue weighted by molar-refractivity contribution is 0.354. The smallest absolute Gasteiger partial charge is 0.129 e. The van der Waals surface area contributed by atoms with Crippen LogP contribution in [0.2, 0.25) is 0 Å². The predicted octanol–water partition coefficient (Wildman–Crippen LogP) is 2.90. The number of hydrogen-bond acceptors (Lipinski definition) is 1. The summed E-state index contributed by atoms with van der Waals surface area (Å²) >= 11 is 0. The monoisotopic (exact) mass is 225 g/mol. The van der Waals surface area contributed by atoms with Crippen LogP contribution in [0.25, 0.3) is 0 Å². The molecule has 0 radical (unpaired) electrons. The van der Waals surface area contributed by atoms with E-state index in [1.165, 1.54) is 31.0 Å². The normalized spacial score (nSPS) is 21.0. The standard InChI is InChI=1S/C13H17F2N/c14-12-4-1-5-13(15)11(12)7-6-10-3-2-8-16-9-10/h1,4-5,10,16H,2-3,6-9H2/t10-/m0/s1. The Kier molecular flexibility index (Phi) is 3.88. The molecule has 1 fully saturated rings. The predicted molar refractivity (Wildman–Crippen MR) is 60.3 cm³/mol. The lowest BCUT2D eigenvalue weighted by atomic mass is 9.92. The number of rotatable bonds is 3. The average Bonchev–Trinajstić information content (AvgIpc) is 2.30. The molecule has 0 amide bonds. The molecule has 1 atom stereocenters. The maximum atomic E-state index is 13.3. The molecule has 3 heteroatoms. The molecule has 1 heterocycles. The number of nitrogens with one attached hydrogen (secondary N) is 1. The van der Waals surface area contributed by atoms with E-state index in [1.807, 2.05) is 0 Å². The number of halogens is 2. The van der Waals surface area contributed by atoms with E-state index in [2.05, 4.69) is 5.32 Å². The summed E-state index contributed by atoms with van der Waals surface area (Å²) in [6.07, 6.45) is 3.71. The molecule has 0 aliphatic carbocycles. The van der Waals surface area contributed by atoms with Crippen LogP contribution < -0.4 is 5.32 Å². The molecule has 0 unspecified atom stereocenters. The van der Waals surface area contributed by atoms with Crippen LogP contribution in [0, 0.1) is 17.6 Å². The molecule has 1 N–H and O–H groups in total. The molecular weight excluding hydrogens is 208 g/mol. The van der Waals surface area contributed by atoms with Gasteiger partial charge in [0.05, 0.1) is 0 Å². The van der Waals surface area contributed by atoms with Gasteiger partial charge in [-0.3, -0.25) is 0 Å². The van der Waals surface area contributed by atoms with Crippen molar-refractivity contribution in [3.05, 3.63) is 35.4 Å². The quantitative estimate of drug-likeness (QED) is 0.834. The highest BCUT2D eigenvalue weighted by molar-refractivity contribution is 5.19. The minimum Gasteiger partial charge on any atom is -0.316 e. The Bertz CT molecular complexity index is 326. The van der Waals surface area contributed by atoms with E-state index in [9.17, 15) is 8.78 Å². The van der Waals surface area contributed by atoms with Crippen molar-refractivity contribution in [2.24, 2.45) is 5.92 Å². The van der Waals surface area contributed by atoms with E-state index >= 15 is 0 Å². The van der Waals surface area contributed by atoms with Crippen LogP contribution in [0.15, 0.2) is 18.2 Å². The maximum Gasteiger partial charge on any atom is 0.129 e. The zero-order chi connectivity index (χ0) is 11.4. The Hall–Kier alpha value is -0.960. The van der Waals surface area contributed by atoms with E-state index in [-0.39, 0.29) is 5.56 Å². The van der Waals surface area contributed by atoms with Crippen molar-refractivity contribution < 1.29 is 8.78 Å². The van der Waals surface area contributed by atoms with E-state index < -0.39 is 11.6 Å². The van der Waals surface area contributed by atoms with Crippen molar-refractivity contribution in [2.45, 2.75) is 25.7 Å². The molecule has 2 rings (SSSR count). The minimum absolute atomic E-state index is 0.244. The summed E-state index contributed by atoms with van der Waals surface area (Å²) in [4.78, 5) is 0. The van der Waals surface area contributed by atoms with Crippen molar-refractivity contribution in [3.63, 3.8) is 0 Å². The van der Waals surface area contributed by atoms with Crippen molar-refractivity contribution >= 4 is 0 Å². The Morgan fingerprint density at radius 1 is 1.25 bits per heavy atom. The third-order valence-electron chi connectivity index (χ3n) is 3.26. The highest BCUT2D eigenvalue weighted by Crippen LogP contribution is 2.20. The van der Waals surface area contributed by atoms with Crippen LogP contribution in [-0.4, -0.2) is 13.1 Å². The summed E-state index contributed by atoms with van der Waals surface area (Å²) in [5, 5.41) is 3.31. The molecular formula is C13H17F2N. The van der Waals surface area contributed by atoms with E-state index in [0.29, 0.717) is 12.3 Å². The van der Waals surface area contributed by atoms with Gasteiger partial charge in [-0.15, -0.1) is 0 Å². The van der Waals surface area contributed by atoms with Crippen LogP contribution in [0.5, 0.6) is 0 Å². The van der Waals surface area contributed by atoms with Gasteiger partial charge in [-0.2, -0.15) is 0 Å². The van der Waals surface area contributed by atoms with Crippen molar-refractivity contribution in [1.29, 1.82) is 0 Å². The molecule has 0 bridgehead atoms. The Balaban J connectivity index is 1.93. The molecule has 0 aromatic heterocycles. The first-order chi connectivity index (χ1) is 7.77. The Labute approximate surface area is 94.9 Å². The first-order valence-electron chi connectivity index (χ1n) is 5.91. The maximum absolute atomic E-state index is 13.3. The molecule has 1 aliphatic heterocycles. The lowest BCUT2D eigenvalue weighted by Crippen LogP contribution is -2.30. The first-order valence-corrected chi connectivity index (χ1v) is 5.91. The van der Waals surface area contributed by atoms with Crippen LogP contribution >= 0.6 is 0 Å². The SMILES string of the molecule is Fc1cccc(F)c1CC[C@@H]1CCCNC1. The highest BCUT2D eigenvalue weighted by Gasteiger charge is 2.15. The van der Waals surface area contributed by atoms with Crippen LogP contribution in [0.1, 0.15) is 24.8 Å². The Morgan fingerprint density at radius 3 is 2.62 bits per heavy atom. The van der Waals surface area contributed by atoms with E-state index in [1.54, 1.807) is 0 Å². The van der Waals surface area contributed by atoms with Gasteiger partial charge < -0.3 is 5.32 Å². The molecule has 0 spiro atoms. The molecule has 1 saturated heterocycles. The minimum atomic E-state index is -0.413. The average molecular weight is 225 g/mol. The molecule has 16 heavy (non-hydrogen) atoms. The second-order valence-electron chi connectivity index (χ2n) is 4.45. The fourth-order valence-electron chi connectivity index (χ4n) is 2.29. The molecule has 1 aromatic carbocycles. The second kappa shape index (κ2) is 5.39. The van der Waals surface area contributed by atoms with Gasteiger partial charge in [0, 0.05) is 5.56 Å². The van der Waals surface area contributed by atoms with Gasteiger partial charge in [0.2, 0.25) is 0 Å². The van der Waals surface area contributed by atoms with Gasteiger partial charge >= 0.3 is 0 Å². The van der Waals surface area contributed by atoms with Gasteiger partial charge in [0.15, 0.2) is 0 Å². The fraction of sp³-hybridized carbons (Fsp3) is 0.538. The summed E-state index contributed by atoms with van der Waals surface area (Å²) in [5.41, 5.74) is 0.244. The van der Waals surface area contributed by atoms with Crippen molar-refractivity contribution in [3.8, 4) is 0 Å². The van der Waals surface area contributed by atoms with Gasteiger partial charge in [0.1, 0.15) is 11.6 Å². The number of hydrogen-bond donors (Lipinski definition) is 1. The van der Waals surface area contributed by atoms with Gasteiger partial charge in [-0.1, -0.05) is 6.07 Å². The summed E-state index contributed by atoms with van der Waals surface area (Å²) in [5.74, 6) is -0.264.